The van der Waals surface area contributed by atoms with E-state index < -0.39 is 0 Å². The van der Waals surface area contributed by atoms with Gasteiger partial charge in [0.15, 0.2) is 11.5 Å². The molecule has 0 aliphatic carbocycles. The van der Waals surface area contributed by atoms with Crippen LogP contribution in [0.25, 0.3) is 22.5 Å². The molecule has 1 N–H and O–H groups in total. The summed E-state index contributed by atoms with van der Waals surface area (Å²) in [5, 5.41) is 18.6. The van der Waals surface area contributed by atoms with E-state index in [-0.39, 0.29) is 0 Å². The number of hydrazone groups is 1. The molecule has 7 heteroatoms. The number of hydrogen-bond donors (Lipinski definition) is 1. The summed E-state index contributed by atoms with van der Waals surface area (Å²) in [6.45, 7) is 0. The molecule has 2 heterocycles. The summed E-state index contributed by atoms with van der Waals surface area (Å²) in [6, 6.07) is 15.7. The minimum atomic E-state index is 0.634. The van der Waals surface area contributed by atoms with Gasteiger partial charge in [-0.1, -0.05) is 42.5 Å². The molecular weight excluding hydrogens is 328 g/mol. The van der Waals surface area contributed by atoms with Gasteiger partial charge in [0, 0.05) is 22.6 Å². The predicted octanol–water partition coefficient (Wildman–Crippen LogP) is 3.40. The van der Waals surface area contributed by atoms with Crippen molar-refractivity contribution in [3.05, 3.63) is 66.5 Å². The van der Waals surface area contributed by atoms with Crippen LogP contribution in [-0.4, -0.2) is 33.1 Å². The molecule has 0 aliphatic rings. The number of methoxy groups -OCH3 is 1. The number of benzene rings is 2. The van der Waals surface area contributed by atoms with Gasteiger partial charge in [-0.25, -0.2) is 0 Å². The lowest BCUT2D eigenvalue weighted by atomic mass is 10.2. The molecule has 7 nitrogen and oxygen atoms in total. The highest BCUT2D eigenvalue weighted by Crippen LogP contribution is 2.23. The van der Waals surface area contributed by atoms with Gasteiger partial charge in [-0.3, -0.25) is 5.43 Å². The quantitative estimate of drug-likeness (QED) is 0.443. The summed E-state index contributed by atoms with van der Waals surface area (Å²) in [5.74, 6) is 1.45. The highest BCUT2D eigenvalue weighted by molar-refractivity contribution is 5.99. The first-order valence-electron chi connectivity index (χ1n) is 8.04. The van der Waals surface area contributed by atoms with E-state index in [0.29, 0.717) is 11.5 Å². The minimum Gasteiger partial charge on any atom is -0.496 e. The van der Waals surface area contributed by atoms with Crippen molar-refractivity contribution < 1.29 is 4.74 Å². The summed E-state index contributed by atoms with van der Waals surface area (Å²) >= 11 is 0. The van der Waals surface area contributed by atoms with Gasteiger partial charge in [0.2, 0.25) is 0 Å². The summed E-state index contributed by atoms with van der Waals surface area (Å²) in [6.07, 6.45) is 7.00. The Balaban J connectivity index is 1.57. The first-order valence-corrected chi connectivity index (χ1v) is 8.04. The second-order valence-corrected chi connectivity index (χ2v) is 5.48. The van der Waals surface area contributed by atoms with Gasteiger partial charge in [-0.05, 0) is 18.2 Å². The van der Waals surface area contributed by atoms with E-state index in [9.17, 15) is 0 Å². The number of rotatable bonds is 5. The lowest BCUT2D eigenvalue weighted by molar-refractivity contribution is 0.414. The monoisotopic (exact) mass is 344 g/mol. The molecule has 0 bridgehead atoms. The Kier molecular flexibility index (Phi) is 4.26. The minimum absolute atomic E-state index is 0.634. The molecule has 4 aromatic rings. The summed E-state index contributed by atoms with van der Waals surface area (Å²) < 4.78 is 6.95. The average Bonchev–Trinajstić information content (AvgIpc) is 3.17. The normalized spacial score (nSPS) is 11.7. The number of allylic oxidation sites excluding steroid dienone is 1. The van der Waals surface area contributed by atoms with E-state index >= 15 is 0 Å². The molecule has 0 spiro atoms. The van der Waals surface area contributed by atoms with Gasteiger partial charge >= 0.3 is 0 Å². The van der Waals surface area contributed by atoms with E-state index in [4.69, 9.17) is 4.74 Å². The van der Waals surface area contributed by atoms with Crippen LogP contribution >= 0.6 is 0 Å². The Hall–Kier alpha value is -3.74. The molecule has 26 heavy (non-hydrogen) atoms. The van der Waals surface area contributed by atoms with E-state index in [2.05, 4.69) is 25.8 Å². The lowest BCUT2D eigenvalue weighted by Gasteiger charge is -2.05. The van der Waals surface area contributed by atoms with E-state index in [1.165, 1.54) is 0 Å². The van der Waals surface area contributed by atoms with Crippen LogP contribution in [0.5, 0.6) is 5.75 Å². The van der Waals surface area contributed by atoms with Crippen LogP contribution in [0.1, 0.15) is 5.56 Å². The van der Waals surface area contributed by atoms with Gasteiger partial charge in [-0.15, -0.1) is 15.3 Å². The summed E-state index contributed by atoms with van der Waals surface area (Å²) in [7, 11) is 1.65. The SMILES string of the molecule is COc1ccccc1/C=C/C=N/Nc1nn2cnnc2c2ccccc12. The van der Waals surface area contributed by atoms with E-state index in [0.717, 1.165) is 22.1 Å². The first kappa shape index (κ1) is 15.8. The third-order valence-corrected chi connectivity index (χ3v) is 3.91. The fourth-order valence-electron chi connectivity index (χ4n) is 2.70. The van der Waals surface area contributed by atoms with Crippen LogP contribution in [-0.2, 0) is 0 Å². The number of fused-ring (bicyclic) bond motifs is 3. The third-order valence-electron chi connectivity index (χ3n) is 3.91. The number of nitrogens with zero attached hydrogens (tertiary/aromatic N) is 5. The molecule has 0 saturated carbocycles. The van der Waals surface area contributed by atoms with Crippen LogP contribution in [0.3, 0.4) is 0 Å². The molecule has 0 fully saturated rings. The highest BCUT2D eigenvalue weighted by atomic mass is 16.5. The van der Waals surface area contributed by atoms with E-state index in [1.807, 2.05) is 60.7 Å². The average molecular weight is 344 g/mol. The van der Waals surface area contributed by atoms with E-state index in [1.54, 1.807) is 24.2 Å². The predicted molar refractivity (Wildman–Crippen MR) is 102 cm³/mol. The Morgan fingerprint density at radius 2 is 1.88 bits per heavy atom. The van der Waals surface area contributed by atoms with Crippen LogP contribution in [0.15, 0.2) is 66.0 Å². The molecule has 0 atom stereocenters. The first-order chi connectivity index (χ1) is 12.9. The second kappa shape index (κ2) is 7.02. The molecule has 0 radical (unpaired) electrons. The fraction of sp³-hybridized carbons (Fsp3) is 0.0526. The van der Waals surface area contributed by atoms with Crippen LogP contribution in [0.4, 0.5) is 5.82 Å². The molecule has 2 aromatic heterocycles. The molecule has 4 rings (SSSR count). The maximum Gasteiger partial charge on any atom is 0.185 e. The van der Waals surface area contributed by atoms with Gasteiger partial charge in [-0.2, -0.15) is 9.62 Å². The van der Waals surface area contributed by atoms with Gasteiger partial charge in [0.05, 0.1) is 7.11 Å². The van der Waals surface area contributed by atoms with Crippen molar-refractivity contribution in [2.45, 2.75) is 0 Å². The number of ether oxygens (including phenoxy) is 1. The van der Waals surface area contributed by atoms with Crippen molar-refractivity contribution in [3.63, 3.8) is 0 Å². The molecule has 0 saturated heterocycles. The van der Waals surface area contributed by atoms with Crippen molar-refractivity contribution in [1.82, 2.24) is 19.8 Å². The largest absolute Gasteiger partial charge is 0.496 e. The van der Waals surface area contributed by atoms with Gasteiger partial charge in [0.1, 0.15) is 12.1 Å². The Labute approximate surface area is 149 Å². The topological polar surface area (TPSA) is 76.7 Å². The molecular formula is C19H16N6O. The molecule has 0 aliphatic heterocycles. The van der Waals surface area contributed by atoms with Crippen molar-refractivity contribution in [2.24, 2.45) is 5.10 Å². The molecule has 2 aromatic carbocycles. The van der Waals surface area contributed by atoms with Crippen molar-refractivity contribution in [3.8, 4) is 5.75 Å². The number of hydrogen-bond acceptors (Lipinski definition) is 6. The van der Waals surface area contributed by atoms with Crippen LogP contribution in [0, 0.1) is 0 Å². The number of aromatic nitrogens is 4. The maximum absolute atomic E-state index is 5.32. The Bertz CT molecular complexity index is 1120. The summed E-state index contributed by atoms with van der Waals surface area (Å²) in [5.41, 5.74) is 4.68. The van der Waals surface area contributed by atoms with Crippen LogP contribution < -0.4 is 10.2 Å². The number of para-hydroxylation sites is 1. The zero-order valence-corrected chi connectivity index (χ0v) is 14.1. The van der Waals surface area contributed by atoms with Crippen molar-refractivity contribution in [2.75, 3.05) is 12.5 Å². The number of nitrogens with one attached hydrogen (secondary N) is 1. The number of anilines is 1. The Morgan fingerprint density at radius 1 is 1.08 bits per heavy atom. The van der Waals surface area contributed by atoms with Gasteiger partial charge in [0.25, 0.3) is 0 Å². The maximum atomic E-state index is 5.32. The Morgan fingerprint density at radius 3 is 2.77 bits per heavy atom. The lowest BCUT2D eigenvalue weighted by Crippen LogP contribution is -2.00. The smallest absolute Gasteiger partial charge is 0.185 e. The third kappa shape index (κ3) is 2.98. The van der Waals surface area contributed by atoms with Gasteiger partial charge < -0.3 is 4.74 Å². The highest BCUT2D eigenvalue weighted by Gasteiger charge is 2.08. The van der Waals surface area contributed by atoms with Crippen molar-refractivity contribution in [1.29, 1.82) is 0 Å². The standard InChI is InChI=1S/C19H16N6O/c1-26-17-11-5-2-7-14(17)8-6-12-20-22-18-15-9-3-4-10-16(15)19-23-21-13-25(19)24-18/h2-13H,1H3,(H,22,24)/b8-6+,20-12+. The molecule has 128 valence electrons. The zero-order chi connectivity index (χ0) is 17.8. The molecule has 0 unspecified atom stereocenters. The summed E-state index contributed by atoms with van der Waals surface area (Å²) in [4.78, 5) is 0. The second-order valence-electron chi connectivity index (χ2n) is 5.48. The van der Waals surface area contributed by atoms with Crippen LogP contribution in [0.2, 0.25) is 0 Å². The fourth-order valence-corrected chi connectivity index (χ4v) is 2.70. The van der Waals surface area contributed by atoms with Crippen molar-refractivity contribution >= 4 is 34.5 Å². The molecule has 0 amide bonds. The zero-order valence-electron chi connectivity index (χ0n) is 14.1.